The summed E-state index contributed by atoms with van der Waals surface area (Å²) in [6, 6.07) is 7.04. The van der Waals surface area contributed by atoms with E-state index < -0.39 is 0 Å². The van der Waals surface area contributed by atoms with Crippen molar-refractivity contribution in [2.45, 2.75) is 32.7 Å². The van der Waals surface area contributed by atoms with Gasteiger partial charge < -0.3 is 15.0 Å². The Morgan fingerprint density at radius 3 is 2.52 bits per heavy atom. The molecule has 5 nitrogen and oxygen atoms in total. The average molecular weight is 287 g/mol. The van der Waals surface area contributed by atoms with Gasteiger partial charge in [0.15, 0.2) is 5.82 Å². The first kappa shape index (κ1) is 15.1. The third-order valence-corrected chi connectivity index (χ3v) is 3.21. The van der Waals surface area contributed by atoms with Gasteiger partial charge in [-0.15, -0.1) is 0 Å². The fourth-order valence-corrected chi connectivity index (χ4v) is 2.05. The van der Waals surface area contributed by atoms with Gasteiger partial charge in [-0.3, -0.25) is 4.79 Å². The van der Waals surface area contributed by atoms with E-state index in [4.69, 9.17) is 0 Å². The van der Waals surface area contributed by atoms with E-state index in [0.29, 0.717) is 12.4 Å². The van der Waals surface area contributed by atoms with Crippen LogP contribution in [0.2, 0.25) is 0 Å². The number of benzene rings is 1. The molecule has 1 aromatic heterocycles. The molecule has 1 aromatic carbocycles. The Hall–Kier alpha value is -2.30. The van der Waals surface area contributed by atoms with Crippen LogP contribution in [0.1, 0.15) is 26.3 Å². The second-order valence-electron chi connectivity index (χ2n) is 5.97. The molecule has 0 amide bonds. The van der Waals surface area contributed by atoms with Crippen LogP contribution in [-0.4, -0.2) is 21.2 Å². The lowest BCUT2D eigenvalue weighted by Crippen LogP contribution is -2.35. The predicted molar refractivity (Wildman–Crippen MR) is 83.8 cm³/mol. The van der Waals surface area contributed by atoms with E-state index in [1.165, 1.54) is 0 Å². The lowest BCUT2D eigenvalue weighted by molar-refractivity contribution is 0.383. The second-order valence-corrected chi connectivity index (χ2v) is 5.97. The van der Waals surface area contributed by atoms with Gasteiger partial charge in [-0.05, 0) is 44.9 Å². The largest absolute Gasteiger partial charge is 0.508 e. The molecule has 21 heavy (non-hydrogen) atoms. The van der Waals surface area contributed by atoms with Crippen LogP contribution in [0, 0.1) is 0 Å². The number of hydrogen-bond donors (Lipinski definition) is 2. The number of phenols is 1. The van der Waals surface area contributed by atoms with E-state index in [-0.39, 0.29) is 16.8 Å². The van der Waals surface area contributed by atoms with Crippen molar-refractivity contribution in [3.8, 4) is 5.75 Å². The highest BCUT2D eigenvalue weighted by molar-refractivity contribution is 5.32. The Labute approximate surface area is 124 Å². The Morgan fingerprint density at radius 1 is 1.24 bits per heavy atom. The topological polar surface area (TPSA) is 67.2 Å². The fraction of sp³-hybridized carbons (Fsp3) is 0.375. The molecule has 0 radical (unpaired) electrons. The summed E-state index contributed by atoms with van der Waals surface area (Å²) < 4.78 is 1.67. The summed E-state index contributed by atoms with van der Waals surface area (Å²) in [5, 5.41) is 12.3. The zero-order valence-electron chi connectivity index (χ0n) is 12.6. The van der Waals surface area contributed by atoms with Gasteiger partial charge in [-0.2, -0.15) is 0 Å². The lowest BCUT2D eigenvalue weighted by Gasteiger charge is -2.22. The second kappa shape index (κ2) is 5.99. The molecule has 0 saturated carbocycles. The molecule has 0 bridgehead atoms. The summed E-state index contributed by atoms with van der Waals surface area (Å²) in [7, 11) is 0. The summed E-state index contributed by atoms with van der Waals surface area (Å²) in [4.78, 5) is 16.4. The summed E-state index contributed by atoms with van der Waals surface area (Å²) in [5.41, 5.74) is 0.705. The molecular formula is C16H21N3O2. The fourth-order valence-electron chi connectivity index (χ4n) is 2.05. The maximum absolute atomic E-state index is 12.3. The van der Waals surface area contributed by atoms with Crippen molar-refractivity contribution in [2.24, 2.45) is 0 Å². The van der Waals surface area contributed by atoms with E-state index in [2.05, 4.69) is 10.3 Å². The van der Waals surface area contributed by atoms with Crippen LogP contribution in [0.4, 0.5) is 5.82 Å². The van der Waals surface area contributed by atoms with Gasteiger partial charge in [-0.25, -0.2) is 4.98 Å². The maximum Gasteiger partial charge on any atom is 0.293 e. The average Bonchev–Trinajstić information content (AvgIpc) is 2.41. The van der Waals surface area contributed by atoms with Gasteiger partial charge in [-0.1, -0.05) is 12.1 Å². The Morgan fingerprint density at radius 2 is 1.90 bits per heavy atom. The molecular weight excluding hydrogens is 266 g/mol. The molecule has 2 aromatic rings. The molecule has 112 valence electrons. The Kier molecular flexibility index (Phi) is 4.31. The molecule has 0 fully saturated rings. The molecule has 2 rings (SSSR count). The van der Waals surface area contributed by atoms with Gasteiger partial charge in [0.2, 0.25) is 0 Å². The summed E-state index contributed by atoms with van der Waals surface area (Å²) in [6.45, 7) is 6.55. The lowest BCUT2D eigenvalue weighted by atomic mass is 10.1. The van der Waals surface area contributed by atoms with Gasteiger partial charge in [0.05, 0.1) is 0 Å². The first-order valence-corrected chi connectivity index (χ1v) is 6.98. The standard InChI is InChI=1S/C16H21N3O2/c1-16(2,3)19-11-10-18-14(15(19)21)17-9-8-12-4-6-13(20)7-5-12/h4-7,10-11,20H,8-9H2,1-3H3,(H,17,18). The quantitative estimate of drug-likeness (QED) is 0.906. The van der Waals surface area contributed by atoms with E-state index >= 15 is 0 Å². The minimum absolute atomic E-state index is 0.115. The highest BCUT2D eigenvalue weighted by atomic mass is 16.3. The number of anilines is 1. The maximum atomic E-state index is 12.3. The minimum atomic E-state index is -0.270. The normalized spacial score (nSPS) is 11.4. The van der Waals surface area contributed by atoms with Crippen LogP contribution in [0.25, 0.3) is 0 Å². The zero-order valence-corrected chi connectivity index (χ0v) is 12.6. The van der Waals surface area contributed by atoms with Crippen LogP contribution < -0.4 is 10.9 Å². The smallest absolute Gasteiger partial charge is 0.293 e. The third kappa shape index (κ3) is 3.84. The first-order valence-electron chi connectivity index (χ1n) is 6.98. The number of hydrogen-bond acceptors (Lipinski definition) is 4. The van der Waals surface area contributed by atoms with E-state index in [1.807, 2.05) is 32.9 Å². The van der Waals surface area contributed by atoms with Crippen LogP contribution >= 0.6 is 0 Å². The number of aromatic hydroxyl groups is 1. The molecule has 0 atom stereocenters. The number of aromatic nitrogens is 2. The van der Waals surface area contributed by atoms with Crippen LogP contribution in [0.15, 0.2) is 41.5 Å². The molecule has 0 spiro atoms. The molecule has 0 aliphatic carbocycles. The predicted octanol–water partition coefficient (Wildman–Crippen LogP) is 2.36. The third-order valence-electron chi connectivity index (χ3n) is 3.21. The molecule has 0 aliphatic rings. The molecule has 0 saturated heterocycles. The monoisotopic (exact) mass is 287 g/mol. The first-order chi connectivity index (χ1) is 9.88. The molecule has 1 heterocycles. The van der Waals surface area contributed by atoms with Crippen molar-refractivity contribution in [1.29, 1.82) is 0 Å². The van der Waals surface area contributed by atoms with Crippen LogP contribution in [0.5, 0.6) is 5.75 Å². The van der Waals surface area contributed by atoms with Gasteiger partial charge >= 0.3 is 0 Å². The Balaban J connectivity index is 2.04. The highest BCUT2D eigenvalue weighted by Gasteiger charge is 2.16. The highest BCUT2D eigenvalue weighted by Crippen LogP contribution is 2.12. The van der Waals surface area contributed by atoms with Crippen LogP contribution in [0.3, 0.4) is 0 Å². The summed E-state index contributed by atoms with van der Waals surface area (Å²) in [5.74, 6) is 0.621. The van der Waals surface area contributed by atoms with Crippen molar-refractivity contribution in [3.05, 3.63) is 52.6 Å². The van der Waals surface area contributed by atoms with Crippen molar-refractivity contribution >= 4 is 5.82 Å². The van der Waals surface area contributed by atoms with E-state index in [1.54, 1.807) is 29.1 Å². The Bertz CT molecular complexity index is 654. The van der Waals surface area contributed by atoms with Crippen molar-refractivity contribution in [1.82, 2.24) is 9.55 Å². The van der Waals surface area contributed by atoms with Crippen LogP contribution in [-0.2, 0) is 12.0 Å². The van der Waals surface area contributed by atoms with E-state index in [0.717, 1.165) is 12.0 Å². The van der Waals surface area contributed by atoms with Gasteiger partial charge in [0, 0.05) is 24.5 Å². The van der Waals surface area contributed by atoms with Gasteiger partial charge in [0.1, 0.15) is 5.75 Å². The van der Waals surface area contributed by atoms with Gasteiger partial charge in [0.25, 0.3) is 5.56 Å². The van der Waals surface area contributed by atoms with Crippen molar-refractivity contribution in [2.75, 3.05) is 11.9 Å². The summed E-state index contributed by atoms with van der Waals surface area (Å²) in [6.07, 6.45) is 4.09. The van der Waals surface area contributed by atoms with Crippen molar-refractivity contribution in [3.63, 3.8) is 0 Å². The summed E-state index contributed by atoms with van der Waals surface area (Å²) >= 11 is 0. The van der Waals surface area contributed by atoms with E-state index in [9.17, 15) is 9.90 Å². The van der Waals surface area contributed by atoms with Crippen molar-refractivity contribution < 1.29 is 5.11 Å². The zero-order chi connectivity index (χ0) is 15.5. The number of rotatable bonds is 4. The minimum Gasteiger partial charge on any atom is -0.508 e. The molecule has 0 unspecified atom stereocenters. The number of phenolic OH excluding ortho intramolecular Hbond substituents is 1. The molecule has 5 heteroatoms. The molecule has 2 N–H and O–H groups in total. The number of nitrogens with one attached hydrogen (secondary N) is 1. The SMILES string of the molecule is CC(C)(C)n1ccnc(NCCc2ccc(O)cc2)c1=O. The number of nitrogens with zero attached hydrogens (tertiary/aromatic N) is 2. The molecule has 0 aliphatic heterocycles.